The first kappa shape index (κ1) is 11.0. The van der Waals surface area contributed by atoms with E-state index in [0.29, 0.717) is 11.3 Å². The molecule has 0 aromatic carbocycles. The number of nitrogens with two attached hydrogens (primary N) is 1. The second kappa shape index (κ2) is 4.53. The van der Waals surface area contributed by atoms with Crippen LogP contribution in [-0.4, -0.2) is 26.1 Å². The molecule has 1 aromatic rings. The number of hydrogen-bond donors (Lipinski definition) is 1. The van der Waals surface area contributed by atoms with Crippen LogP contribution in [0.1, 0.15) is 31.5 Å². The Morgan fingerprint density at radius 3 is 2.47 bits per heavy atom. The van der Waals surface area contributed by atoms with Crippen molar-refractivity contribution in [1.82, 2.24) is 14.8 Å². The van der Waals surface area contributed by atoms with Gasteiger partial charge in [-0.25, -0.2) is 0 Å². The van der Waals surface area contributed by atoms with Crippen LogP contribution in [0.5, 0.6) is 0 Å². The van der Waals surface area contributed by atoms with Crippen LogP contribution in [0, 0.1) is 6.92 Å². The predicted molar refractivity (Wildman–Crippen MR) is 61.8 cm³/mol. The lowest BCUT2D eigenvalue weighted by Gasteiger charge is -2.24. The average Bonchev–Trinajstić information content (AvgIpc) is 2.53. The summed E-state index contributed by atoms with van der Waals surface area (Å²) in [6.45, 7) is 1.98. The Morgan fingerprint density at radius 2 is 1.93 bits per heavy atom. The SMILES string of the molecule is Cc1nnc(SC2CCC(N)CC2)n1C. The standard InChI is InChI=1S/C10H18N4S/c1-7-12-13-10(14(7)2)15-9-5-3-8(11)4-6-9/h8-9H,3-6,11H2,1-2H3. The van der Waals surface area contributed by atoms with Crippen molar-refractivity contribution in [1.29, 1.82) is 0 Å². The molecule has 2 N–H and O–H groups in total. The average molecular weight is 226 g/mol. The number of nitrogens with zero attached hydrogens (tertiary/aromatic N) is 3. The first-order chi connectivity index (χ1) is 7.16. The summed E-state index contributed by atoms with van der Waals surface area (Å²) in [4.78, 5) is 0. The lowest BCUT2D eigenvalue weighted by Crippen LogP contribution is -2.27. The summed E-state index contributed by atoms with van der Waals surface area (Å²) in [7, 11) is 2.02. The van der Waals surface area contributed by atoms with E-state index in [0.717, 1.165) is 23.8 Å². The van der Waals surface area contributed by atoms with E-state index in [4.69, 9.17) is 5.73 Å². The molecule has 1 aliphatic carbocycles. The zero-order chi connectivity index (χ0) is 10.8. The summed E-state index contributed by atoms with van der Waals surface area (Å²) in [6, 6.07) is 0.420. The van der Waals surface area contributed by atoms with Gasteiger partial charge in [-0.3, -0.25) is 0 Å². The van der Waals surface area contributed by atoms with Crippen molar-refractivity contribution in [3.8, 4) is 0 Å². The Hall–Kier alpha value is -0.550. The molecule has 15 heavy (non-hydrogen) atoms. The van der Waals surface area contributed by atoms with Crippen LogP contribution in [0.3, 0.4) is 0 Å². The zero-order valence-corrected chi connectivity index (χ0v) is 10.1. The van der Waals surface area contributed by atoms with Crippen molar-refractivity contribution >= 4 is 11.8 Å². The molecule has 4 nitrogen and oxygen atoms in total. The Kier molecular flexibility index (Phi) is 3.31. The third kappa shape index (κ3) is 2.52. The van der Waals surface area contributed by atoms with Gasteiger partial charge in [-0.2, -0.15) is 0 Å². The molecule has 5 heteroatoms. The van der Waals surface area contributed by atoms with Gasteiger partial charge >= 0.3 is 0 Å². The minimum Gasteiger partial charge on any atom is -0.328 e. The van der Waals surface area contributed by atoms with Crippen molar-refractivity contribution in [2.75, 3.05) is 0 Å². The molecule has 1 heterocycles. The number of aryl methyl sites for hydroxylation is 1. The third-order valence-corrected chi connectivity index (χ3v) is 4.41. The molecular formula is C10H18N4S. The number of rotatable bonds is 2. The molecule has 0 radical (unpaired) electrons. The van der Waals surface area contributed by atoms with E-state index < -0.39 is 0 Å². The van der Waals surface area contributed by atoms with Gasteiger partial charge in [0.25, 0.3) is 0 Å². The van der Waals surface area contributed by atoms with E-state index in [-0.39, 0.29) is 0 Å². The van der Waals surface area contributed by atoms with Crippen LogP contribution in [0.2, 0.25) is 0 Å². The fourth-order valence-corrected chi connectivity index (χ4v) is 3.03. The number of aromatic nitrogens is 3. The predicted octanol–water partition coefficient (Wildman–Crippen LogP) is 1.49. The summed E-state index contributed by atoms with van der Waals surface area (Å²) in [5.74, 6) is 0.977. The first-order valence-corrected chi connectivity index (χ1v) is 6.33. The van der Waals surface area contributed by atoms with Crippen molar-refractivity contribution < 1.29 is 0 Å². The van der Waals surface area contributed by atoms with Crippen molar-refractivity contribution in [3.63, 3.8) is 0 Å². The molecule has 0 amide bonds. The smallest absolute Gasteiger partial charge is 0.191 e. The topological polar surface area (TPSA) is 56.7 Å². The quantitative estimate of drug-likeness (QED) is 0.830. The second-order valence-corrected chi connectivity index (χ2v) is 5.51. The fourth-order valence-electron chi connectivity index (χ4n) is 1.85. The summed E-state index contributed by atoms with van der Waals surface area (Å²) in [5.41, 5.74) is 5.88. The molecule has 0 bridgehead atoms. The lowest BCUT2D eigenvalue weighted by atomic mass is 9.96. The highest BCUT2D eigenvalue weighted by atomic mass is 32.2. The van der Waals surface area contributed by atoms with E-state index >= 15 is 0 Å². The molecule has 0 unspecified atom stereocenters. The normalized spacial score (nSPS) is 26.9. The van der Waals surface area contributed by atoms with Crippen LogP contribution in [-0.2, 0) is 7.05 Å². The highest BCUT2D eigenvalue weighted by Crippen LogP contribution is 2.32. The molecule has 1 aromatic heterocycles. The van der Waals surface area contributed by atoms with Crippen LogP contribution < -0.4 is 5.73 Å². The van der Waals surface area contributed by atoms with Crippen LogP contribution >= 0.6 is 11.8 Å². The van der Waals surface area contributed by atoms with Gasteiger partial charge in [0.1, 0.15) is 5.82 Å². The van der Waals surface area contributed by atoms with Gasteiger partial charge in [0.15, 0.2) is 5.16 Å². The molecule has 1 fully saturated rings. The van der Waals surface area contributed by atoms with Crippen molar-refractivity contribution in [2.45, 2.75) is 49.1 Å². The maximum absolute atomic E-state index is 5.88. The van der Waals surface area contributed by atoms with Crippen molar-refractivity contribution in [2.24, 2.45) is 12.8 Å². The van der Waals surface area contributed by atoms with Gasteiger partial charge in [0.2, 0.25) is 0 Å². The molecule has 0 spiro atoms. The molecule has 1 saturated carbocycles. The monoisotopic (exact) mass is 226 g/mol. The maximum Gasteiger partial charge on any atom is 0.191 e. The summed E-state index contributed by atoms with van der Waals surface area (Å²) in [5, 5.41) is 9.95. The molecule has 0 aliphatic heterocycles. The first-order valence-electron chi connectivity index (χ1n) is 5.45. The van der Waals surface area contributed by atoms with E-state index in [1.165, 1.54) is 12.8 Å². The molecule has 0 atom stereocenters. The highest BCUT2D eigenvalue weighted by Gasteiger charge is 2.21. The van der Waals surface area contributed by atoms with Crippen LogP contribution in [0.25, 0.3) is 0 Å². The van der Waals surface area contributed by atoms with E-state index in [9.17, 15) is 0 Å². The minimum atomic E-state index is 0.420. The van der Waals surface area contributed by atoms with Gasteiger partial charge in [-0.05, 0) is 32.6 Å². The van der Waals surface area contributed by atoms with Gasteiger partial charge in [0, 0.05) is 18.3 Å². The van der Waals surface area contributed by atoms with Crippen LogP contribution in [0.4, 0.5) is 0 Å². The Morgan fingerprint density at radius 1 is 1.27 bits per heavy atom. The zero-order valence-electron chi connectivity index (χ0n) is 9.31. The summed E-state index contributed by atoms with van der Waals surface area (Å²) < 4.78 is 2.05. The summed E-state index contributed by atoms with van der Waals surface area (Å²) >= 11 is 1.85. The fraction of sp³-hybridized carbons (Fsp3) is 0.800. The minimum absolute atomic E-state index is 0.420. The molecule has 0 saturated heterocycles. The largest absolute Gasteiger partial charge is 0.328 e. The van der Waals surface area contributed by atoms with Crippen molar-refractivity contribution in [3.05, 3.63) is 5.82 Å². The van der Waals surface area contributed by atoms with Gasteiger partial charge < -0.3 is 10.3 Å². The lowest BCUT2D eigenvalue weighted by molar-refractivity contribution is 0.450. The third-order valence-electron chi connectivity index (χ3n) is 3.04. The Balaban J connectivity index is 1.94. The Bertz CT molecular complexity index is 328. The molecule has 84 valence electrons. The molecule has 2 rings (SSSR count). The maximum atomic E-state index is 5.88. The Labute approximate surface area is 94.6 Å². The van der Waals surface area contributed by atoms with Gasteiger partial charge in [-0.1, -0.05) is 11.8 Å². The molecular weight excluding hydrogens is 208 g/mol. The highest BCUT2D eigenvalue weighted by molar-refractivity contribution is 7.99. The second-order valence-electron chi connectivity index (χ2n) is 4.24. The van der Waals surface area contributed by atoms with E-state index in [1.54, 1.807) is 0 Å². The number of thioether (sulfide) groups is 1. The molecule has 1 aliphatic rings. The van der Waals surface area contributed by atoms with E-state index in [1.807, 2.05) is 25.7 Å². The number of hydrogen-bond acceptors (Lipinski definition) is 4. The summed E-state index contributed by atoms with van der Waals surface area (Å²) in [6.07, 6.45) is 4.71. The van der Waals surface area contributed by atoms with E-state index in [2.05, 4.69) is 14.8 Å². The van der Waals surface area contributed by atoms with Crippen LogP contribution in [0.15, 0.2) is 5.16 Å². The van der Waals surface area contributed by atoms with Gasteiger partial charge in [-0.15, -0.1) is 10.2 Å². The van der Waals surface area contributed by atoms with Gasteiger partial charge in [0.05, 0.1) is 0 Å².